The Balaban J connectivity index is 2.07. The molecular weight excluding hydrogens is 178 g/mol. The van der Waals surface area contributed by atoms with Crippen LogP contribution in [0.1, 0.15) is 11.5 Å². The van der Waals surface area contributed by atoms with Crippen molar-refractivity contribution in [3.05, 3.63) is 29.8 Å². The van der Waals surface area contributed by atoms with E-state index in [0.29, 0.717) is 5.92 Å². The maximum absolute atomic E-state index is 9.76. The lowest BCUT2D eigenvalue weighted by molar-refractivity contribution is -0.0721. The quantitative estimate of drug-likeness (QED) is 0.634. The van der Waals surface area contributed by atoms with Gasteiger partial charge in [0, 0.05) is 24.9 Å². The van der Waals surface area contributed by atoms with Crippen LogP contribution in [0.15, 0.2) is 24.3 Å². The van der Waals surface area contributed by atoms with E-state index in [2.05, 4.69) is 11.4 Å². The summed E-state index contributed by atoms with van der Waals surface area (Å²) in [4.78, 5) is 0. The van der Waals surface area contributed by atoms with E-state index in [-0.39, 0.29) is 5.92 Å². The Kier molecular flexibility index (Phi) is 1.75. The van der Waals surface area contributed by atoms with Crippen LogP contribution in [0.5, 0.6) is 5.75 Å². The Morgan fingerprint density at radius 2 is 2.14 bits per heavy atom. The molecule has 1 fully saturated rings. The molecule has 1 aromatic rings. The Labute approximate surface area is 82.7 Å². The number of para-hydroxylation sites is 1. The van der Waals surface area contributed by atoms with Crippen molar-refractivity contribution >= 4 is 0 Å². The number of hydrogen-bond donors (Lipinski definition) is 2. The third-order valence-corrected chi connectivity index (χ3v) is 3.19. The average molecular weight is 191 g/mol. The molecule has 1 unspecified atom stereocenters. The Morgan fingerprint density at radius 1 is 1.29 bits per heavy atom. The summed E-state index contributed by atoms with van der Waals surface area (Å²) in [5.74, 6) is 1.46. The van der Waals surface area contributed by atoms with E-state index in [1.54, 1.807) is 0 Å². The second-order valence-corrected chi connectivity index (χ2v) is 3.97. The lowest BCUT2D eigenvalue weighted by atomic mass is 9.86. The number of benzene rings is 1. The summed E-state index contributed by atoms with van der Waals surface area (Å²) in [5, 5.41) is 13.1. The van der Waals surface area contributed by atoms with Gasteiger partial charge in [0.25, 0.3) is 0 Å². The van der Waals surface area contributed by atoms with Crippen molar-refractivity contribution in [2.24, 2.45) is 5.92 Å². The van der Waals surface area contributed by atoms with Crippen LogP contribution >= 0.6 is 0 Å². The Hall–Kier alpha value is -1.06. The van der Waals surface area contributed by atoms with E-state index in [1.807, 2.05) is 18.2 Å². The molecular formula is C11H13NO2. The van der Waals surface area contributed by atoms with Gasteiger partial charge in [-0.15, -0.1) is 0 Å². The molecule has 2 aliphatic rings. The minimum atomic E-state index is -0.648. The molecule has 3 heteroatoms. The van der Waals surface area contributed by atoms with Gasteiger partial charge < -0.3 is 15.2 Å². The van der Waals surface area contributed by atoms with Gasteiger partial charge in [0.15, 0.2) is 0 Å². The second-order valence-electron chi connectivity index (χ2n) is 3.97. The molecule has 14 heavy (non-hydrogen) atoms. The fourth-order valence-electron chi connectivity index (χ4n) is 2.45. The average Bonchev–Trinajstić information content (AvgIpc) is 2.67. The zero-order valence-electron chi connectivity index (χ0n) is 7.81. The van der Waals surface area contributed by atoms with Gasteiger partial charge in [-0.05, 0) is 11.6 Å². The minimum Gasteiger partial charge on any atom is -0.464 e. The molecule has 3 nitrogen and oxygen atoms in total. The lowest BCUT2D eigenvalue weighted by Crippen LogP contribution is -2.35. The van der Waals surface area contributed by atoms with Gasteiger partial charge in [-0.3, -0.25) is 0 Å². The predicted octanol–water partition coefficient (Wildman–Crippen LogP) is 0.700. The highest BCUT2D eigenvalue weighted by Crippen LogP contribution is 2.40. The molecule has 3 atom stereocenters. The van der Waals surface area contributed by atoms with Gasteiger partial charge in [-0.2, -0.15) is 0 Å². The maximum atomic E-state index is 9.76. The molecule has 2 heterocycles. The molecule has 0 spiro atoms. The number of aliphatic hydroxyl groups is 1. The second kappa shape index (κ2) is 2.97. The smallest absolute Gasteiger partial charge is 0.202 e. The van der Waals surface area contributed by atoms with Crippen LogP contribution in [0, 0.1) is 5.92 Å². The van der Waals surface area contributed by atoms with Crippen molar-refractivity contribution in [3.63, 3.8) is 0 Å². The lowest BCUT2D eigenvalue weighted by Gasteiger charge is -2.31. The number of aliphatic hydroxyl groups excluding tert-OH is 1. The van der Waals surface area contributed by atoms with E-state index in [4.69, 9.17) is 4.74 Å². The first kappa shape index (κ1) is 8.26. The first-order valence-corrected chi connectivity index (χ1v) is 5.00. The molecule has 0 bridgehead atoms. The zero-order valence-corrected chi connectivity index (χ0v) is 7.81. The highest BCUT2D eigenvalue weighted by atomic mass is 16.6. The van der Waals surface area contributed by atoms with Crippen molar-refractivity contribution in [2.75, 3.05) is 13.1 Å². The van der Waals surface area contributed by atoms with Crippen LogP contribution in [0.2, 0.25) is 0 Å². The van der Waals surface area contributed by atoms with Crippen LogP contribution in [-0.4, -0.2) is 24.5 Å². The van der Waals surface area contributed by atoms with E-state index in [1.165, 1.54) is 5.56 Å². The normalized spacial score (nSPS) is 34.5. The summed E-state index contributed by atoms with van der Waals surface area (Å²) >= 11 is 0. The van der Waals surface area contributed by atoms with Gasteiger partial charge in [-0.1, -0.05) is 18.2 Å². The number of rotatable bonds is 0. The van der Waals surface area contributed by atoms with Crippen LogP contribution in [-0.2, 0) is 0 Å². The van der Waals surface area contributed by atoms with Gasteiger partial charge in [-0.25, -0.2) is 0 Å². The first-order chi connectivity index (χ1) is 6.86. The van der Waals surface area contributed by atoms with Crippen molar-refractivity contribution in [1.29, 1.82) is 0 Å². The molecule has 0 aromatic heterocycles. The zero-order chi connectivity index (χ0) is 9.54. The monoisotopic (exact) mass is 191 g/mol. The molecule has 0 aliphatic carbocycles. The summed E-state index contributed by atoms with van der Waals surface area (Å²) in [7, 11) is 0. The fraction of sp³-hybridized carbons (Fsp3) is 0.455. The minimum absolute atomic E-state index is 0.213. The van der Waals surface area contributed by atoms with Gasteiger partial charge >= 0.3 is 0 Å². The summed E-state index contributed by atoms with van der Waals surface area (Å²) in [5.41, 5.74) is 1.23. The fourth-order valence-corrected chi connectivity index (χ4v) is 2.45. The molecule has 2 N–H and O–H groups in total. The van der Waals surface area contributed by atoms with Crippen molar-refractivity contribution in [3.8, 4) is 5.75 Å². The summed E-state index contributed by atoms with van der Waals surface area (Å²) < 4.78 is 5.46. The molecule has 3 rings (SSSR count). The Bertz CT molecular complexity index is 353. The summed E-state index contributed by atoms with van der Waals surface area (Å²) in [6.45, 7) is 1.79. The summed E-state index contributed by atoms with van der Waals surface area (Å²) in [6, 6.07) is 7.97. The van der Waals surface area contributed by atoms with Crippen LogP contribution < -0.4 is 10.1 Å². The number of fused-ring (bicyclic) bond motifs is 3. The third-order valence-electron chi connectivity index (χ3n) is 3.19. The molecule has 0 amide bonds. The highest BCUT2D eigenvalue weighted by molar-refractivity contribution is 5.39. The van der Waals surface area contributed by atoms with E-state index < -0.39 is 6.29 Å². The summed E-state index contributed by atoms with van der Waals surface area (Å²) in [6.07, 6.45) is -0.648. The molecule has 74 valence electrons. The Morgan fingerprint density at radius 3 is 3.07 bits per heavy atom. The highest BCUT2D eigenvalue weighted by Gasteiger charge is 2.40. The van der Waals surface area contributed by atoms with Crippen LogP contribution in [0.3, 0.4) is 0 Å². The van der Waals surface area contributed by atoms with Crippen molar-refractivity contribution < 1.29 is 9.84 Å². The SMILES string of the molecule is OC1Oc2ccccc2[C@@H]2CNC[C@@H]12. The van der Waals surface area contributed by atoms with Crippen molar-refractivity contribution in [2.45, 2.75) is 12.2 Å². The van der Waals surface area contributed by atoms with Gasteiger partial charge in [0.1, 0.15) is 5.75 Å². The maximum Gasteiger partial charge on any atom is 0.202 e. The standard InChI is InChI=1S/C11H13NO2/c13-11-9-6-12-5-8(9)7-3-1-2-4-10(7)14-11/h1-4,8-9,11-13H,5-6H2/t8-,9+,11?/m0/s1. The van der Waals surface area contributed by atoms with Gasteiger partial charge in [0.05, 0.1) is 0 Å². The topological polar surface area (TPSA) is 41.5 Å². The predicted molar refractivity (Wildman–Crippen MR) is 52.2 cm³/mol. The number of ether oxygens (including phenoxy) is 1. The molecule has 0 radical (unpaired) electrons. The van der Waals surface area contributed by atoms with Crippen molar-refractivity contribution in [1.82, 2.24) is 5.32 Å². The number of nitrogens with one attached hydrogen (secondary N) is 1. The first-order valence-electron chi connectivity index (χ1n) is 5.00. The molecule has 1 saturated heterocycles. The molecule has 2 aliphatic heterocycles. The van der Waals surface area contributed by atoms with E-state index in [0.717, 1.165) is 18.8 Å². The number of hydrogen-bond acceptors (Lipinski definition) is 3. The van der Waals surface area contributed by atoms with E-state index >= 15 is 0 Å². The van der Waals surface area contributed by atoms with Crippen LogP contribution in [0.4, 0.5) is 0 Å². The largest absolute Gasteiger partial charge is 0.464 e. The molecule has 1 aromatic carbocycles. The van der Waals surface area contributed by atoms with E-state index in [9.17, 15) is 5.11 Å². The third kappa shape index (κ3) is 1.06. The molecule has 0 saturated carbocycles. The van der Waals surface area contributed by atoms with Crippen LogP contribution in [0.25, 0.3) is 0 Å². The van der Waals surface area contributed by atoms with Gasteiger partial charge in [0.2, 0.25) is 6.29 Å².